The molecule has 3 aliphatic rings. The average Bonchev–Trinajstić information content (AvgIpc) is 3.39. The number of aryl methyl sites for hydroxylation is 1. The summed E-state index contributed by atoms with van der Waals surface area (Å²) in [5, 5.41) is 4.58. The Morgan fingerprint density at radius 1 is 0.981 bits per heavy atom. The summed E-state index contributed by atoms with van der Waals surface area (Å²) >= 11 is 6.55. The molecule has 1 N–H and O–H groups in total. The minimum Gasteiger partial charge on any atom is -0.497 e. The smallest absolute Gasteiger partial charge is 0.427 e. The second-order valence-electron chi connectivity index (χ2n) is 12.9. The molecule has 4 heterocycles. The van der Waals surface area contributed by atoms with Gasteiger partial charge in [-0.2, -0.15) is 4.31 Å². The maximum Gasteiger partial charge on any atom is 0.427 e. The summed E-state index contributed by atoms with van der Waals surface area (Å²) in [5.41, 5.74) is -1.38. The molecule has 1 atom stereocenters. The molecular formula is C36H45ClN6O8S. The summed E-state index contributed by atoms with van der Waals surface area (Å²) in [6, 6.07) is 10.5. The van der Waals surface area contributed by atoms with Crippen molar-refractivity contribution in [3.05, 3.63) is 70.4 Å². The minimum absolute atomic E-state index is 0.0259. The van der Waals surface area contributed by atoms with E-state index in [2.05, 4.69) is 27.0 Å². The lowest BCUT2D eigenvalue weighted by Crippen LogP contribution is -2.56. The molecule has 0 bridgehead atoms. The highest BCUT2D eigenvalue weighted by Gasteiger charge is 2.59. The summed E-state index contributed by atoms with van der Waals surface area (Å²) in [5.74, 6) is -0.684. The van der Waals surface area contributed by atoms with Crippen molar-refractivity contribution in [1.29, 1.82) is 0 Å². The van der Waals surface area contributed by atoms with Crippen LogP contribution in [0.4, 0.5) is 10.5 Å². The van der Waals surface area contributed by atoms with Crippen LogP contribution in [0.25, 0.3) is 0 Å². The zero-order chi connectivity index (χ0) is 37.2. The molecule has 0 saturated carbocycles. The number of halogens is 1. The van der Waals surface area contributed by atoms with Gasteiger partial charge in [-0.15, -0.1) is 5.06 Å². The number of sulfonamides is 1. The third kappa shape index (κ3) is 6.99. The number of hydrogen-bond donors (Lipinski definition) is 1. The third-order valence-electron chi connectivity index (χ3n) is 9.94. The van der Waals surface area contributed by atoms with Gasteiger partial charge >= 0.3 is 6.09 Å². The number of carbonyl (C=O) groups is 2. The van der Waals surface area contributed by atoms with Gasteiger partial charge in [0.15, 0.2) is 5.54 Å². The first-order valence-electron chi connectivity index (χ1n) is 17.4. The van der Waals surface area contributed by atoms with Crippen LogP contribution >= 0.6 is 11.6 Å². The number of hydrogen-bond acceptors (Lipinski definition) is 12. The van der Waals surface area contributed by atoms with E-state index in [1.807, 2.05) is 0 Å². The van der Waals surface area contributed by atoms with Gasteiger partial charge in [-0.05, 0) is 75.2 Å². The number of fused-ring (bicyclic) bond motifs is 1. The Hall–Kier alpha value is -4.15. The Morgan fingerprint density at radius 2 is 1.71 bits per heavy atom. The highest BCUT2D eigenvalue weighted by atomic mass is 35.5. The Labute approximate surface area is 309 Å². The molecular weight excluding hydrogens is 712 g/mol. The van der Waals surface area contributed by atoms with Gasteiger partial charge in [0.25, 0.3) is 15.9 Å². The molecule has 16 heteroatoms. The van der Waals surface area contributed by atoms with Gasteiger partial charge in [0.2, 0.25) is 5.88 Å². The molecule has 1 unspecified atom stereocenters. The van der Waals surface area contributed by atoms with Gasteiger partial charge in [0, 0.05) is 68.2 Å². The maximum atomic E-state index is 15.2. The number of piperazine rings is 1. The molecule has 2 amide bonds. The molecule has 0 radical (unpaired) electrons. The average molecular weight is 757 g/mol. The number of nitrogens with one attached hydrogen (secondary N) is 1. The summed E-state index contributed by atoms with van der Waals surface area (Å²) in [4.78, 5) is 44.2. The van der Waals surface area contributed by atoms with Crippen LogP contribution in [-0.4, -0.2) is 113 Å². The van der Waals surface area contributed by atoms with Crippen LogP contribution in [0.2, 0.25) is 5.02 Å². The quantitative estimate of drug-likeness (QED) is 0.300. The van der Waals surface area contributed by atoms with Crippen molar-refractivity contribution >= 4 is 39.3 Å². The molecule has 2 saturated heterocycles. The van der Waals surface area contributed by atoms with Crippen LogP contribution in [0.3, 0.4) is 0 Å². The van der Waals surface area contributed by atoms with Gasteiger partial charge < -0.3 is 23.9 Å². The molecule has 1 aromatic heterocycles. The van der Waals surface area contributed by atoms with E-state index in [-0.39, 0.29) is 45.0 Å². The lowest BCUT2D eigenvalue weighted by atomic mass is 9.83. The second kappa shape index (κ2) is 15.4. The van der Waals surface area contributed by atoms with E-state index < -0.39 is 27.6 Å². The number of anilines is 1. The van der Waals surface area contributed by atoms with Crippen molar-refractivity contribution in [1.82, 2.24) is 25.2 Å². The van der Waals surface area contributed by atoms with Crippen LogP contribution in [-0.2, 0) is 25.2 Å². The number of amides is 2. The van der Waals surface area contributed by atoms with E-state index in [9.17, 15) is 13.2 Å². The number of methoxy groups -OCH3 is 2. The monoisotopic (exact) mass is 756 g/mol. The van der Waals surface area contributed by atoms with E-state index in [1.54, 1.807) is 31.2 Å². The number of benzene rings is 2. The number of pyridine rings is 1. The highest BCUT2D eigenvalue weighted by Crippen LogP contribution is 2.50. The summed E-state index contributed by atoms with van der Waals surface area (Å²) in [7, 11) is -1.94. The first-order valence-corrected chi connectivity index (χ1v) is 19.2. The predicted molar refractivity (Wildman–Crippen MR) is 194 cm³/mol. The third-order valence-corrected chi connectivity index (χ3v) is 11.9. The number of hydroxylamine groups is 2. The van der Waals surface area contributed by atoms with Gasteiger partial charge in [-0.25, -0.2) is 18.2 Å². The van der Waals surface area contributed by atoms with Crippen LogP contribution in [0.1, 0.15) is 43.4 Å². The van der Waals surface area contributed by atoms with Gasteiger partial charge in [-0.3, -0.25) is 15.0 Å². The van der Waals surface area contributed by atoms with Crippen molar-refractivity contribution in [3.8, 4) is 17.4 Å². The standard InChI is InChI=1S/C36H45ClN6O8S/c1-6-40-16-18-41(19-17-40)26-12-14-42(15-13-26)51-35(45)39-36(29-20-24(3)23-38-33(29)50-7-2)28-21-25(37)8-10-30(28)43(34(36)44)52(46,47)32-11-9-27(48-4)22-31(32)49-5/h8-11,20-23,26H,6-7,12-19H2,1-5H3,(H,39,45). The van der Waals surface area contributed by atoms with Crippen LogP contribution < -0.4 is 23.8 Å². The molecule has 2 fully saturated rings. The van der Waals surface area contributed by atoms with Crippen molar-refractivity contribution < 1.29 is 37.1 Å². The molecule has 2 aromatic carbocycles. The number of rotatable bonds is 11. The Kier molecular flexibility index (Phi) is 11.2. The molecule has 0 spiro atoms. The summed E-state index contributed by atoms with van der Waals surface area (Å²) < 4.78 is 46.5. The number of piperidine rings is 1. The van der Waals surface area contributed by atoms with E-state index in [1.165, 1.54) is 50.6 Å². The molecule has 280 valence electrons. The fourth-order valence-corrected chi connectivity index (χ4v) is 9.03. The molecule has 3 aliphatic heterocycles. The van der Waals surface area contributed by atoms with Gasteiger partial charge in [0.05, 0.1) is 32.1 Å². The zero-order valence-corrected chi connectivity index (χ0v) is 31.6. The maximum absolute atomic E-state index is 15.2. The van der Waals surface area contributed by atoms with Crippen LogP contribution in [0, 0.1) is 6.92 Å². The van der Waals surface area contributed by atoms with Gasteiger partial charge in [0.1, 0.15) is 16.4 Å². The first kappa shape index (κ1) is 37.6. The van der Waals surface area contributed by atoms with Crippen LogP contribution in [0.5, 0.6) is 17.4 Å². The van der Waals surface area contributed by atoms with Crippen molar-refractivity contribution in [3.63, 3.8) is 0 Å². The molecule has 0 aliphatic carbocycles. The number of nitrogens with zero attached hydrogens (tertiary/aromatic N) is 5. The molecule has 52 heavy (non-hydrogen) atoms. The number of carbonyl (C=O) groups excluding carboxylic acids is 2. The number of ether oxygens (including phenoxy) is 3. The second-order valence-corrected chi connectivity index (χ2v) is 15.1. The lowest BCUT2D eigenvalue weighted by Gasteiger charge is -2.42. The van der Waals surface area contributed by atoms with E-state index >= 15 is 4.79 Å². The largest absolute Gasteiger partial charge is 0.497 e. The minimum atomic E-state index is -4.69. The van der Waals surface area contributed by atoms with Gasteiger partial charge in [-0.1, -0.05) is 18.5 Å². The fraction of sp³-hybridized carbons (Fsp3) is 0.472. The summed E-state index contributed by atoms with van der Waals surface area (Å²) in [6.45, 7) is 12.0. The Bertz CT molecular complexity index is 1920. The van der Waals surface area contributed by atoms with E-state index in [0.717, 1.165) is 45.6 Å². The zero-order valence-electron chi connectivity index (χ0n) is 30.1. The SMILES string of the molecule is CCOc1ncc(C)cc1C1(NC(=O)ON2CCC(N3CCN(CC)CC3)CC2)C(=O)N(S(=O)(=O)c2ccc(OC)cc2OC)c2ccc(Cl)cc21. The topological polar surface area (TPSA) is 143 Å². The van der Waals surface area contributed by atoms with Crippen molar-refractivity contribution in [2.45, 2.75) is 50.1 Å². The predicted octanol–water partition coefficient (Wildman–Crippen LogP) is 4.18. The number of likely N-dealkylation sites (N-methyl/N-ethyl adjacent to an activating group) is 1. The van der Waals surface area contributed by atoms with Crippen LogP contribution in [0.15, 0.2) is 53.6 Å². The molecule has 6 rings (SSSR count). The van der Waals surface area contributed by atoms with E-state index in [4.69, 9.17) is 30.6 Å². The normalized spacial score (nSPS) is 20.4. The lowest BCUT2D eigenvalue weighted by molar-refractivity contribution is -0.130. The number of aromatic nitrogens is 1. The molecule has 14 nitrogen and oxygen atoms in total. The van der Waals surface area contributed by atoms with Crippen molar-refractivity contribution in [2.75, 3.05) is 70.9 Å². The van der Waals surface area contributed by atoms with Crippen molar-refractivity contribution in [2.24, 2.45) is 0 Å². The molecule has 3 aromatic rings. The summed E-state index contributed by atoms with van der Waals surface area (Å²) in [6.07, 6.45) is 2.20. The first-order chi connectivity index (χ1) is 25.0. The van der Waals surface area contributed by atoms with E-state index in [0.29, 0.717) is 34.7 Å². The Balaban J connectivity index is 1.38. The highest BCUT2D eigenvalue weighted by molar-refractivity contribution is 7.93. The fourth-order valence-electron chi connectivity index (χ4n) is 7.25. The Morgan fingerprint density at radius 3 is 2.37 bits per heavy atom.